The Bertz CT molecular complexity index is 678. The van der Waals surface area contributed by atoms with Crippen LogP contribution < -0.4 is 0 Å². The van der Waals surface area contributed by atoms with Gasteiger partial charge >= 0.3 is 0 Å². The van der Waals surface area contributed by atoms with Crippen molar-refractivity contribution in [3.63, 3.8) is 0 Å². The number of nitrogens with zero attached hydrogens (tertiary/aromatic N) is 2. The van der Waals surface area contributed by atoms with Crippen molar-refractivity contribution < 1.29 is 4.79 Å². The zero-order valence-corrected chi connectivity index (χ0v) is 15.8. The Morgan fingerprint density at radius 3 is 2.58 bits per heavy atom. The number of amides is 1. The molecule has 1 aromatic heterocycles. The van der Waals surface area contributed by atoms with Gasteiger partial charge in [-0.25, -0.2) is 0 Å². The summed E-state index contributed by atoms with van der Waals surface area (Å²) in [5.74, 6) is 0.628. The highest BCUT2D eigenvalue weighted by molar-refractivity contribution is 6.30. The third-order valence-corrected chi connectivity index (χ3v) is 4.81. The summed E-state index contributed by atoms with van der Waals surface area (Å²) in [5, 5.41) is 0.748. The van der Waals surface area contributed by atoms with Gasteiger partial charge in [-0.15, -0.1) is 0 Å². The Morgan fingerprint density at radius 2 is 1.96 bits per heavy atom. The van der Waals surface area contributed by atoms with Crippen molar-refractivity contribution in [2.75, 3.05) is 0 Å². The fourth-order valence-corrected chi connectivity index (χ4v) is 2.99. The molecule has 0 aliphatic rings. The predicted molar refractivity (Wildman–Crippen MR) is 100 cm³/mol. The average molecular weight is 347 g/mol. The maximum absolute atomic E-state index is 12.4. The van der Waals surface area contributed by atoms with Crippen LogP contribution in [0.2, 0.25) is 5.02 Å². The molecule has 1 amide bonds. The highest BCUT2D eigenvalue weighted by Gasteiger charge is 2.22. The number of benzene rings is 1. The van der Waals surface area contributed by atoms with E-state index in [9.17, 15) is 4.79 Å². The van der Waals surface area contributed by atoms with E-state index in [2.05, 4.69) is 43.7 Å². The summed E-state index contributed by atoms with van der Waals surface area (Å²) in [6.07, 6.45) is 2.59. The Hall–Kier alpha value is -1.74. The van der Waals surface area contributed by atoms with Gasteiger partial charge in [0.2, 0.25) is 5.91 Å². The minimum absolute atomic E-state index is 0.201. The van der Waals surface area contributed by atoms with Gasteiger partial charge in [0, 0.05) is 35.9 Å². The Balaban J connectivity index is 2.20. The zero-order valence-electron chi connectivity index (χ0n) is 15.0. The molecule has 2 aromatic rings. The fraction of sp³-hybridized carbons (Fsp3) is 0.450. The van der Waals surface area contributed by atoms with Crippen molar-refractivity contribution in [3.05, 3.63) is 58.9 Å². The molecule has 0 N–H and O–H groups in total. The molecule has 130 valence electrons. The molecule has 1 heterocycles. The van der Waals surface area contributed by atoms with Crippen molar-refractivity contribution in [1.82, 2.24) is 9.47 Å². The van der Waals surface area contributed by atoms with Gasteiger partial charge in [-0.3, -0.25) is 4.79 Å². The molecule has 1 unspecified atom stereocenters. The van der Waals surface area contributed by atoms with E-state index in [-0.39, 0.29) is 11.9 Å². The minimum atomic E-state index is 0.201. The van der Waals surface area contributed by atoms with Crippen LogP contribution in [-0.4, -0.2) is 21.4 Å². The fourth-order valence-electron chi connectivity index (χ4n) is 2.78. The lowest BCUT2D eigenvalue weighted by Gasteiger charge is -2.32. The Morgan fingerprint density at radius 1 is 1.21 bits per heavy atom. The highest BCUT2D eigenvalue weighted by Crippen LogP contribution is 2.18. The number of hydrogen-bond donors (Lipinski definition) is 0. The Labute approximate surface area is 150 Å². The van der Waals surface area contributed by atoms with E-state index in [1.165, 1.54) is 0 Å². The first kappa shape index (κ1) is 18.6. The maximum Gasteiger partial charge on any atom is 0.222 e. The van der Waals surface area contributed by atoms with Crippen LogP contribution in [-0.2, 0) is 17.9 Å². The largest absolute Gasteiger partial charge is 0.345 e. The summed E-state index contributed by atoms with van der Waals surface area (Å²) in [6, 6.07) is 12.2. The smallest absolute Gasteiger partial charge is 0.222 e. The predicted octanol–water partition coefficient (Wildman–Crippen LogP) is 4.97. The second-order valence-electron chi connectivity index (χ2n) is 6.62. The maximum atomic E-state index is 12.4. The van der Waals surface area contributed by atoms with Crippen LogP contribution in [0.5, 0.6) is 0 Å². The monoisotopic (exact) mass is 346 g/mol. The normalized spacial score (nSPS) is 12.4. The SMILES string of the molecule is CCC(=O)N(Cc1cccn1Cc1cccc(Cl)c1)C(C)C(C)C. The van der Waals surface area contributed by atoms with Gasteiger partial charge in [0.25, 0.3) is 0 Å². The van der Waals surface area contributed by atoms with Gasteiger partial charge in [0.1, 0.15) is 0 Å². The lowest BCUT2D eigenvalue weighted by Crippen LogP contribution is -2.41. The molecule has 3 nitrogen and oxygen atoms in total. The summed E-state index contributed by atoms with van der Waals surface area (Å²) in [7, 11) is 0. The van der Waals surface area contributed by atoms with Crippen LogP contribution in [0.25, 0.3) is 0 Å². The molecular weight excluding hydrogens is 320 g/mol. The molecule has 0 spiro atoms. The van der Waals surface area contributed by atoms with Crippen LogP contribution >= 0.6 is 11.6 Å². The van der Waals surface area contributed by atoms with Crippen LogP contribution in [0.3, 0.4) is 0 Å². The van der Waals surface area contributed by atoms with E-state index in [1.54, 1.807) is 0 Å². The van der Waals surface area contributed by atoms with E-state index in [1.807, 2.05) is 36.1 Å². The molecule has 2 rings (SSSR count). The molecule has 0 fully saturated rings. The van der Waals surface area contributed by atoms with Crippen molar-refractivity contribution in [2.24, 2.45) is 5.92 Å². The first-order valence-electron chi connectivity index (χ1n) is 8.60. The average Bonchev–Trinajstić information content (AvgIpc) is 2.98. The summed E-state index contributed by atoms with van der Waals surface area (Å²) in [5.41, 5.74) is 2.30. The summed E-state index contributed by atoms with van der Waals surface area (Å²) in [6.45, 7) is 9.76. The molecule has 4 heteroatoms. The molecule has 0 bridgehead atoms. The molecule has 0 saturated heterocycles. The first-order chi connectivity index (χ1) is 11.4. The number of halogens is 1. The van der Waals surface area contributed by atoms with Gasteiger partial charge in [-0.1, -0.05) is 44.5 Å². The molecule has 0 aliphatic carbocycles. The molecule has 0 radical (unpaired) electrons. The molecule has 24 heavy (non-hydrogen) atoms. The van der Waals surface area contributed by atoms with E-state index >= 15 is 0 Å². The van der Waals surface area contributed by atoms with Gasteiger partial charge < -0.3 is 9.47 Å². The second kappa shape index (κ2) is 8.39. The van der Waals surface area contributed by atoms with Crippen molar-refractivity contribution >= 4 is 17.5 Å². The molecule has 0 saturated carbocycles. The lowest BCUT2D eigenvalue weighted by atomic mass is 10.0. The topological polar surface area (TPSA) is 25.2 Å². The molecular formula is C20H27ClN2O. The van der Waals surface area contributed by atoms with Crippen LogP contribution in [0.4, 0.5) is 0 Å². The summed E-state index contributed by atoms with van der Waals surface area (Å²) < 4.78 is 2.19. The number of carbonyl (C=O) groups excluding carboxylic acids is 1. The van der Waals surface area contributed by atoms with Crippen LogP contribution in [0, 0.1) is 5.92 Å². The van der Waals surface area contributed by atoms with Gasteiger partial charge in [0.05, 0.1) is 6.54 Å². The van der Waals surface area contributed by atoms with E-state index in [0.717, 1.165) is 22.8 Å². The van der Waals surface area contributed by atoms with E-state index in [4.69, 9.17) is 11.6 Å². The molecule has 0 aliphatic heterocycles. The number of hydrogen-bond acceptors (Lipinski definition) is 1. The zero-order chi connectivity index (χ0) is 17.7. The van der Waals surface area contributed by atoms with Crippen molar-refractivity contribution in [2.45, 2.75) is 53.2 Å². The van der Waals surface area contributed by atoms with E-state index < -0.39 is 0 Å². The van der Waals surface area contributed by atoms with Crippen molar-refractivity contribution in [1.29, 1.82) is 0 Å². The van der Waals surface area contributed by atoms with Gasteiger partial charge in [-0.2, -0.15) is 0 Å². The first-order valence-corrected chi connectivity index (χ1v) is 8.98. The number of rotatable bonds is 7. The molecule has 1 atom stereocenters. The van der Waals surface area contributed by atoms with E-state index in [0.29, 0.717) is 18.9 Å². The lowest BCUT2D eigenvalue weighted by molar-refractivity contribution is -0.134. The second-order valence-corrected chi connectivity index (χ2v) is 7.05. The third kappa shape index (κ3) is 4.64. The Kier molecular flexibility index (Phi) is 6.50. The third-order valence-electron chi connectivity index (χ3n) is 4.58. The van der Waals surface area contributed by atoms with Crippen molar-refractivity contribution in [3.8, 4) is 0 Å². The summed E-state index contributed by atoms with van der Waals surface area (Å²) >= 11 is 6.08. The van der Waals surface area contributed by atoms with Crippen LogP contribution in [0.1, 0.15) is 45.4 Å². The van der Waals surface area contributed by atoms with Crippen LogP contribution in [0.15, 0.2) is 42.6 Å². The molecule has 1 aromatic carbocycles. The quantitative estimate of drug-likeness (QED) is 0.694. The number of aromatic nitrogens is 1. The minimum Gasteiger partial charge on any atom is -0.345 e. The van der Waals surface area contributed by atoms with Gasteiger partial charge in [0.15, 0.2) is 0 Å². The number of carbonyl (C=O) groups is 1. The summed E-state index contributed by atoms with van der Waals surface area (Å²) in [4.78, 5) is 14.4. The standard InChI is InChI=1S/C20H27ClN2O/c1-5-20(24)23(16(4)15(2)3)14-19-10-7-11-22(19)13-17-8-6-9-18(21)12-17/h6-12,15-16H,5,13-14H2,1-4H3. The van der Waals surface area contributed by atoms with Gasteiger partial charge in [-0.05, 0) is 42.7 Å². The highest BCUT2D eigenvalue weighted by atomic mass is 35.5.